The van der Waals surface area contributed by atoms with E-state index in [1.165, 1.54) is 41.4 Å². The van der Waals surface area contributed by atoms with Crippen LogP contribution >= 0.6 is 0 Å². The second kappa shape index (κ2) is 7.94. The maximum atomic E-state index is 13.8. The van der Waals surface area contributed by atoms with Gasteiger partial charge in [-0.15, -0.1) is 0 Å². The van der Waals surface area contributed by atoms with E-state index in [1.807, 2.05) is 0 Å². The number of nitrogens with zero attached hydrogens (tertiary/aromatic N) is 5. The van der Waals surface area contributed by atoms with Crippen LogP contribution in [0.15, 0.2) is 42.6 Å². The van der Waals surface area contributed by atoms with E-state index in [1.54, 1.807) is 0 Å². The molecule has 1 atom stereocenters. The molecule has 1 aromatic carbocycles. The maximum Gasteiger partial charge on any atom is 0.419 e. The zero-order chi connectivity index (χ0) is 23.0. The molecule has 166 valence electrons. The van der Waals surface area contributed by atoms with E-state index in [0.717, 1.165) is 6.07 Å². The van der Waals surface area contributed by atoms with Gasteiger partial charge < -0.3 is 16.4 Å². The van der Waals surface area contributed by atoms with Gasteiger partial charge in [-0.3, -0.25) is 10.1 Å². The van der Waals surface area contributed by atoms with Crippen LogP contribution < -0.4 is 16.4 Å². The topological polar surface area (TPSA) is 137 Å². The molecule has 2 aromatic heterocycles. The molecule has 32 heavy (non-hydrogen) atoms. The Kier molecular flexibility index (Phi) is 5.28. The monoisotopic (exact) mass is 445 g/mol. The van der Waals surface area contributed by atoms with E-state index in [9.17, 15) is 23.3 Å². The number of nitro benzene ring substituents is 1. The Balaban J connectivity index is 1.86. The minimum atomic E-state index is -4.62. The number of benzene rings is 1. The number of nitrogen functional groups attached to an aromatic ring is 2. The van der Waals surface area contributed by atoms with Crippen molar-refractivity contribution in [3.63, 3.8) is 0 Å². The number of hydrogen-bond acceptors (Lipinski definition) is 8. The van der Waals surface area contributed by atoms with Crippen LogP contribution in [0.5, 0.6) is 0 Å². The standard InChI is InChI=1S/C20H18F3N7O2/c21-20(22,23)14-2-1-8-26-18(14)29-9-7-13-15(27-19(25)28-17(13)24)10-16(29)11-3-5-12(6-4-11)30(31)32/h1-6,8,16H,7,9-10H2,(H4,24,25,27,28). The molecule has 0 radical (unpaired) electrons. The summed E-state index contributed by atoms with van der Waals surface area (Å²) in [7, 11) is 0. The van der Waals surface area contributed by atoms with Crippen LogP contribution in [0.4, 0.5) is 36.4 Å². The molecule has 0 aliphatic carbocycles. The summed E-state index contributed by atoms with van der Waals surface area (Å²) in [6.07, 6.45) is -2.88. The number of rotatable bonds is 3. The van der Waals surface area contributed by atoms with Crippen molar-refractivity contribution in [3.8, 4) is 0 Å². The third kappa shape index (κ3) is 3.98. The van der Waals surface area contributed by atoms with Crippen molar-refractivity contribution in [1.29, 1.82) is 0 Å². The van der Waals surface area contributed by atoms with Gasteiger partial charge in [-0.2, -0.15) is 18.2 Å². The molecule has 12 heteroatoms. The van der Waals surface area contributed by atoms with E-state index in [-0.39, 0.29) is 42.7 Å². The minimum Gasteiger partial charge on any atom is -0.383 e. The van der Waals surface area contributed by atoms with Gasteiger partial charge in [-0.25, -0.2) is 9.97 Å². The first-order chi connectivity index (χ1) is 15.1. The lowest BCUT2D eigenvalue weighted by molar-refractivity contribution is -0.384. The normalized spacial score (nSPS) is 16.3. The molecule has 1 aliphatic heterocycles. The number of alkyl halides is 3. The Morgan fingerprint density at radius 3 is 2.50 bits per heavy atom. The summed E-state index contributed by atoms with van der Waals surface area (Å²) in [5.41, 5.74) is 12.4. The van der Waals surface area contributed by atoms with Crippen molar-refractivity contribution in [2.24, 2.45) is 0 Å². The fraction of sp³-hybridized carbons (Fsp3) is 0.250. The predicted octanol–water partition coefficient (Wildman–Crippen LogP) is 3.31. The molecule has 0 bridgehead atoms. The lowest BCUT2D eigenvalue weighted by Crippen LogP contribution is -2.33. The largest absolute Gasteiger partial charge is 0.419 e. The smallest absolute Gasteiger partial charge is 0.383 e. The molecule has 4 N–H and O–H groups in total. The Morgan fingerprint density at radius 1 is 1.12 bits per heavy atom. The van der Waals surface area contributed by atoms with Crippen molar-refractivity contribution in [1.82, 2.24) is 15.0 Å². The third-order valence-electron chi connectivity index (χ3n) is 5.36. The summed E-state index contributed by atoms with van der Waals surface area (Å²) >= 11 is 0. The highest BCUT2D eigenvalue weighted by atomic mass is 19.4. The number of halogens is 3. The number of aromatic nitrogens is 3. The first-order valence-corrected chi connectivity index (χ1v) is 9.59. The molecule has 0 saturated carbocycles. The van der Waals surface area contributed by atoms with Gasteiger partial charge >= 0.3 is 6.18 Å². The van der Waals surface area contributed by atoms with E-state index in [4.69, 9.17) is 11.5 Å². The molecular weight excluding hydrogens is 427 g/mol. The average Bonchev–Trinajstić information content (AvgIpc) is 2.93. The average molecular weight is 445 g/mol. The first-order valence-electron chi connectivity index (χ1n) is 9.59. The van der Waals surface area contributed by atoms with Crippen LogP contribution in [0.1, 0.15) is 28.4 Å². The van der Waals surface area contributed by atoms with Gasteiger partial charge in [0, 0.05) is 36.9 Å². The maximum absolute atomic E-state index is 13.8. The predicted molar refractivity (Wildman–Crippen MR) is 111 cm³/mol. The van der Waals surface area contributed by atoms with E-state index >= 15 is 0 Å². The zero-order valence-corrected chi connectivity index (χ0v) is 16.6. The Bertz CT molecular complexity index is 1170. The fourth-order valence-electron chi connectivity index (χ4n) is 3.91. The Labute approximate surface area is 180 Å². The number of pyridine rings is 1. The lowest BCUT2D eigenvalue weighted by Gasteiger charge is -2.33. The summed E-state index contributed by atoms with van der Waals surface area (Å²) in [5, 5.41) is 11.0. The quantitative estimate of drug-likeness (QED) is 0.463. The summed E-state index contributed by atoms with van der Waals surface area (Å²) in [4.78, 5) is 24.3. The highest BCUT2D eigenvalue weighted by Crippen LogP contribution is 2.40. The van der Waals surface area contributed by atoms with Gasteiger partial charge in [0.25, 0.3) is 5.69 Å². The molecule has 0 saturated heterocycles. The van der Waals surface area contributed by atoms with Crippen molar-refractivity contribution in [2.75, 3.05) is 22.9 Å². The van der Waals surface area contributed by atoms with Gasteiger partial charge in [0.2, 0.25) is 5.95 Å². The van der Waals surface area contributed by atoms with Gasteiger partial charge in [-0.05, 0) is 24.1 Å². The van der Waals surface area contributed by atoms with Crippen molar-refractivity contribution in [3.05, 3.63) is 75.1 Å². The third-order valence-corrected chi connectivity index (χ3v) is 5.36. The van der Waals surface area contributed by atoms with Crippen molar-refractivity contribution < 1.29 is 18.1 Å². The minimum absolute atomic E-state index is 0.0361. The highest BCUT2D eigenvalue weighted by molar-refractivity contribution is 5.55. The zero-order valence-electron chi connectivity index (χ0n) is 16.6. The van der Waals surface area contributed by atoms with Crippen LogP contribution in [-0.4, -0.2) is 26.4 Å². The number of fused-ring (bicyclic) bond motifs is 1. The molecule has 9 nitrogen and oxygen atoms in total. The SMILES string of the molecule is Nc1nc(N)c2c(n1)CC(c1ccc([N+](=O)[O-])cc1)N(c1ncccc1C(F)(F)F)CC2. The summed E-state index contributed by atoms with van der Waals surface area (Å²) in [6, 6.07) is 7.21. The number of hydrogen-bond donors (Lipinski definition) is 2. The van der Waals surface area contributed by atoms with Gasteiger partial charge in [0.05, 0.1) is 22.2 Å². The molecule has 0 amide bonds. The van der Waals surface area contributed by atoms with Crippen LogP contribution in [0.25, 0.3) is 0 Å². The molecule has 1 unspecified atom stereocenters. The fourth-order valence-corrected chi connectivity index (χ4v) is 3.91. The number of non-ortho nitro benzene ring substituents is 1. The van der Waals surface area contributed by atoms with Gasteiger partial charge in [-0.1, -0.05) is 12.1 Å². The number of anilines is 3. The van der Waals surface area contributed by atoms with Gasteiger partial charge in [0.1, 0.15) is 11.6 Å². The van der Waals surface area contributed by atoms with Crippen LogP contribution in [0, 0.1) is 10.1 Å². The number of nitrogens with two attached hydrogens (primary N) is 2. The van der Waals surface area contributed by atoms with Crippen LogP contribution in [0.2, 0.25) is 0 Å². The highest BCUT2D eigenvalue weighted by Gasteiger charge is 2.38. The molecule has 0 spiro atoms. The molecular formula is C20H18F3N7O2. The molecule has 1 aliphatic rings. The van der Waals surface area contributed by atoms with Crippen molar-refractivity contribution in [2.45, 2.75) is 25.1 Å². The molecule has 3 aromatic rings. The molecule has 0 fully saturated rings. The molecule has 3 heterocycles. The summed E-state index contributed by atoms with van der Waals surface area (Å²) < 4.78 is 41.3. The second-order valence-electron chi connectivity index (χ2n) is 7.28. The first kappa shape index (κ1) is 21.3. The van der Waals surface area contributed by atoms with Crippen LogP contribution in [-0.2, 0) is 19.0 Å². The van der Waals surface area contributed by atoms with Gasteiger partial charge in [0.15, 0.2) is 0 Å². The Morgan fingerprint density at radius 2 is 1.84 bits per heavy atom. The van der Waals surface area contributed by atoms with Crippen LogP contribution in [0.3, 0.4) is 0 Å². The second-order valence-corrected chi connectivity index (χ2v) is 7.28. The van der Waals surface area contributed by atoms with E-state index < -0.39 is 22.7 Å². The molecule has 4 rings (SSSR count). The Hall–Kier alpha value is -3.96. The van der Waals surface area contributed by atoms with E-state index in [2.05, 4.69) is 15.0 Å². The lowest BCUT2D eigenvalue weighted by atomic mass is 9.99. The summed E-state index contributed by atoms with van der Waals surface area (Å²) in [6.45, 7) is 0.145. The number of nitro groups is 1. The van der Waals surface area contributed by atoms with E-state index in [0.29, 0.717) is 16.8 Å². The summed E-state index contributed by atoms with van der Waals surface area (Å²) in [5.74, 6) is -0.101. The van der Waals surface area contributed by atoms with Crippen molar-refractivity contribution >= 4 is 23.3 Å².